The van der Waals surface area contributed by atoms with Crippen LogP contribution in [0.5, 0.6) is 0 Å². The highest BCUT2D eigenvalue weighted by Crippen LogP contribution is 2.24. The van der Waals surface area contributed by atoms with Gasteiger partial charge >= 0.3 is 0 Å². The molecule has 2 heterocycles. The van der Waals surface area contributed by atoms with Crippen LogP contribution in [0.3, 0.4) is 0 Å². The summed E-state index contributed by atoms with van der Waals surface area (Å²) in [6.45, 7) is 0.455. The minimum Gasteiger partial charge on any atom is -0.324 e. The van der Waals surface area contributed by atoms with E-state index in [1.165, 1.54) is 12.1 Å². The second-order valence-electron chi connectivity index (χ2n) is 6.66. The van der Waals surface area contributed by atoms with E-state index in [9.17, 15) is 14.0 Å². The number of aromatic nitrogens is 2. The lowest BCUT2D eigenvalue weighted by Crippen LogP contribution is -2.25. The van der Waals surface area contributed by atoms with Gasteiger partial charge in [0.2, 0.25) is 5.91 Å². The lowest BCUT2D eigenvalue weighted by Gasteiger charge is -2.13. The molecule has 0 atom stereocenters. The van der Waals surface area contributed by atoms with Crippen LogP contribution in [0.15, 0.2) is 69.9 Å². The molecule has 4 aromatic rings. The Morgan fingerprint density at radius 3 is 2.84 bits per heavy atom. The smallest absolute Gasteiger partial charge is 0.262 e. The average Bonchev–Trinajstić information content (AvgIpc) is 3.28. The zero-order valence-electron chi connectivity index (χ0n) is 16.2. The Kier molecular flexibility index (Phi) is 6.70. The Morgan fingerprint density at radius 1 is 1.19 bits per heavy atom. The first-order chi connectivity index (χ1) is 15.0. The number of para-hydroxylation sites is 1. The molecule has 0 aliphatic carbocycles. The molecule has 0 aliphatic rings. The molecular weight excluding hydrogens is 457 g/mol. The number of nitrogens with one attached hydrogen (secondary N) is 1. The molecule has 0 unspecified atom stereocenters. The van der Waals surface area contributed by atoms with Crippen molar-refractivity contribution in [3.05, 3.63) is 86.0 Å². The Morgan fingerprint density at radius 2 is 2.03 bits per heavy atom. The van der Waals surface area contributed by atoms with Gasteiger partial charge in [-0.05, 0) is 48.2 Å². The van der Waals surface area contributed by atoms with E-state index >= 15 is 0 Å². The molecule has 1 amide bonds. The van der Waals surface area contributed by atoms with E-state index in [4.69, 9.17) is 11.6 Å². The average molecular weight is 474 g/mol. The molecule has 0 spiro atoms. The summed E-state index contributed by atoms with van der Waals surface area (Å²) in [5.74, 6) is -0.868. The number of nitrogens with zero attached hydrogens (tertiary/aromatic N) is 2. The molecule has 158 valence electrons. The summed E-state index contributed by atoms with van der Waals surface area (Å²) in [5, 5.41) is 5.84. The molecule has 2 aromatic carbocycles. The molecule has 0 radical (unpaired) electrons. The third-order valence-corrected chi connectivity index (χ3v) is 6.77. The number of hydrogen-bond donors (Lipinski definition) is 1. The molecule has 2 aromatic heterocycles. The van der Waals surface area contributed by atoms with E-state index in [-0.39, 0.29) is 27.9 Å². The predicted molar refractivity (Wildman–Crippen MR) is 125 cm³/mol. The van der Waals surface area contributed by atoms with E-state index in [1.807, 2.05) is 23.6 Å². The van der Waals surface area contributed by atoms with Crippen molar-refractivity contribution >= 4 is 57.2 Å². The fraction of sp³-hybridized carbons (Fsp3) is 0.136. The van der Waals surface area contributed by atoms with Gasteiger partial charge in [0.25, 0.3) is 5.56 Å². The van der Waals surface area contributed by atoms with Crippen molar-refractivity contribution in [3.8, 4) is 0 Å². The third kappa shape index (κ3) is 5.15. The van der Waals surface area contributed by atoms with Crippen LogP contribution in [0, 0.1) is 5.82 Å². The van der Waals surface area contributed by atoms with Gasteiger partial charge in [0.1, 0.15) is 5.82 Å². The van der Waals surface area contributed by atoms with Crippen molar-refractivity contribution in [2.24, 2.45) is 0 Å². The zero-order valence-corrected chi connectivity index (χ0v) is 18.6. The summed E-state index contributed by atoms with van der Waals surface area (Å²) >= 11 is 8.80. The standard InChI is InChI=1S/C22H17ClFN3O2S2/c23-17-8-7-14(24)12-19(17)25-20(28)13-31-22-26-18-6-2-1-5-16(18)21(29)27(22)10-9-15-4-3-11-30-15/h1-8,11-12H,9-10,13H2,(H,25,28). The number of carbonyl (C=O) groups excluding carboxylic acids is 1. The van der Waals surface area contributed by atoms with Crippen molar-refractivity contribution in [3.63, 3.8) is 0 Å². The summed E-state index contributed by atoms with van der Waals surface area (Å²) in [4.78, 5) is 31.3. The summed E-state index contributed by atoms with van der Waals surface area (Å²) in [6, 6.07) is 14.9. The monoisotopic (exact) mass is 473 g/mol. The van der Waals surface area contributed by atoms with Crippen LogP contribution in [0.4, 0.5) is 10.1 Å². The van der Waals surface area contributed by atoms with E-state index < -0.39 is 5.82 Å². The molecule has 0 saturated carbocycles. The quantitative estimate of drug-likeness (QED) is 0.295. The number of benzene rings is 2. The van der Waals surface area contributed by atoms with E-state index in [0.717, 1.165) is 22.7 Å². The van der Waals surface area contributed by atoms with Gasteiger partial charge in [-0.1, -0.05) is 41.6 Å². The highest BCUT2D eigenvalue weighted by molar-refractivity contribution is 7.99. The highest BCUT2D eigenvalue weighted by atomic mass is 35.5. The fourth-order valence-electron chi connectivity index (χ4n) is 3.04. The molecule has 31 heavy (non-hydrogen) atoms. The number of fused-ring (bicyclic) bond motifs is 1. The number of thiophene rings is 1. The van der Waals surface area contributed by atoms with Gasteiger partial charge in [0.05, 0.1) is 27.4 Å². The van der Waals surface area contributed by atoms with Crippen LogP contribution in [0.1, 0.15) is 4.88 Å². The maximum Gasteiger partial charge on any atom is 0.262 e. The van der Waals surface area contributed by atoms with E-state index in [0.29, 0.717) is 29.0 Å². The van der Waals surface area contributed by atoms with Gasteiger partial charge in [0, 0.05) is 11.4 Å². The van der Waals surface area contributed by atoms with Gasteiger partial charge in [-0.2, -0.15) is 0 Å². The van der Waals surface area contributed by atoms with E-state index in [2.05, 4.69) is 10.3 Å². The molecule has 0 bridgehead atoms. The number of amides is 1. The molecule has 1 N–H and O–H groups in total. The fourth-order valence-corrected chi connectivity index (χ4v) is 4.73. The van der Waals surface area contributed by atoms with Crippen LogP contribution in [-0.4, -0.2) is 21.2 Å². The Bertz CT molecular complexity index is 1290. The maximum atomic E-state index is 13.4. The molecule has 0 fully saturated rings. The van der Waals surface area contributed by atoms with Gasteiger partial charge in [-0.15, -0.1) is 11.3 Å². The third-order valence-electron chi connectivity index (χ3n) is 4.52. The normalized spacial score (nSPS) is 11.0. The second-order valence-corrected chi connectivity index (χ2v) is 9.04. The molecule has 0 aliphatic heterocycles. The summed E-state index contributed by atoms with van der Waals surface area (Å²) in [5.41, 5.74) is 0.642. The number of anilines is 1. The Labute approximate surface area is 190 Å². The maximum absolute atomic E-state index is 13.4. The summed E-state index contributed by atoms with van der Waals surface area (Å²) in [7, 11) is 0. The first-order valence-corrected chi connectivity index (χ1v) is 11.7. The zero-order chi connectivity index (χ0) is 21.8. The Balaban J connectivity index is 1.56. The molecule has 9 heteroatoms. The topological polar surface area (TPSA) is 64.0 Å². The van der Waals surface area contributed by atoms with Crippen LogP contribution in [-0.2, 0) is 17.8 Å². The minimum atomic E-state index is -0.494. The van der Waals surface area contributed by atoms with Crippen molar-refractivity contribution in [2.45, 2.75) is 18.1 Å². The highest BCUT2D eigenvalue weighted by Gasteiger charge is 2.14. The molecule has 4 rings (SSSR count). The molecular formula is C22H17ClFN3O2S2. The SMILES string of the molecule is O=C(CSc1nc2ccccc2c(=O)n1CCc1cccs1)Nc1cc(F)ccc1Cl. The van der Waals surface area contributed by atoms with Gasteiger partial charge in [-0.25, -0.2) is 9.37 Å². The van der Waals surface area contributed by atoms with Crippen molar-refractivity contribution in [2.75, 3.05) is 11.1 Å². The summed E-state index contributed by atoms with van der Waals surface area (Å²) < 4.78 is 15.0. The molecule has 0 saturated heterocycles. The number of hydrogen-bond acceptors (Lipinski definition) is 5. The molecule has 5 nitrogen and oxygen atoms in total. The number of carbonyl (C=O) groups is 1. The summed E-state index contributed by atoms with van der Waals surface area (Å²) in [6.07, 6.45) is 0.691. The lowest BCUT2D eigenvalue weighted by molar-refractivity contribution is -0.113. The predicted octanol–water partition coefficient (Wildman–Crippen LogP) is 5.22. The second kappa shape index (κ2) is 9.64. The number of aryl methyl sites for hydroxylation is 1. The van der Waals surface area contributed by atoms with Gasteiger partial charge in [-0.3, -0.25) is 14.2 Å². The van der Waals surface area contributed by atoms with Crippen molar-refractivity contribution < 1.29 is 9.18 Å². The van der Waals surface area contributed by atoms with Crippen LogP contribution < -0.4 is 10.9 Å². The Hall–Kier alpha value is -2.68. The van der Waals surface area contributed by atoms with E-state index in [1.54, 1.807) is 34.1 Å². The van der Waals surface area contributed by atoms with Gasteiger partial charge < -0.3 is 5.32 Å². The van der Waals surface area contributed by atoms with Gasteiger partial charge in [0.15, 0.2) is 5.16 Å². The number of halogens is 2. The largest absolute Gasteiger partial charge is 0.324 e. The van der Waals surface area contributed by atoms with Crippen LogP contribution >= 0.6 is 34.7 Å². The van der Waals surface area contributed by atoms with Crippen molar-refractivity contribution in [1.29, 1.82) is 0 Å². The van der Waals surface area contributed by atoms with Crippen LogP contribution in [0.25, 0.3) is 10.9 Å². The van der Waals surface area contributed by atoms with Crippen LogP contribution in [0.2, 0.25) is 5.02 Å². The van der Waals surface area contributed by atoms with Crippen molar-refractivity contribution in [1.82, 2.24) is 9.55 Å². The number of thioether (sulfide) groups is 1. The number of rotatable bonds is 7. The first-order valence-electron chi connectivity index (χ1n) is 9.41. The minimum absolute atomic E-state index is 0.00335. The first kappa shape index (κ1) is 21.5. The lowest BCUT2D eigenvalue weighted by atomic mass is 10.2.